The fourth-order valence-electron chi connectivity index (χ4n) is 1.98. The number of unbranched alkanes of at least 4 members (excludes halogenated alkanes) is 1. The number of hydrogen-bond donors (Lipinski definition) is 2. The summed E-state index contributed by atoms with van der Waals surface area (Å²) in [6, 6.07) is 7.42. The van der Waals surface area contributed by atoms with Crippen LogP contribution in [-0.4, -0.2) is 11.7 Å². The zero-order valence-electron chi connectivity index (χ0n) is 11.1. The van der Waals surface area contributed by atoms with Crippen LogP contribution in [-0.2, 0) is 6.54 Å². The third-order valence-electron chi connectivity index (χ3n) is 3.24. The number of hydrogen-bond acceptors (Lipinski definition) is 2. The van der Waals surface area contributed by atoms with Gasteiger partial charge in [0.2, 0.25) is 0 Å². The molecule has 1 atom stereocenters. The Morgan fingerprint density at radius 2 is 1.88 bits per heavy atom. The molecule has 1 rings (SSSR count). The van der Waals surface area contributed by atoms with Crippen molar-refractivity contribution in [3.8, 4) is 5.75 Å². The van der Waals surface area contributed by atoms with Crippen LogP contribution in [0.3, 0.4) is 0 Å². The summed E-state index contributed by atoms with van der Waals surface area (Å²) in [4.78, 5) is 0. The molecule has 96 valence electrons. The van der Waals surface area contributed by atoms with Crippen LogP contribution in [0.25, 0.3) is 0 Å². The molecule has 0 fully saturated rings. The Morgan fingerprint density at radius 1 is 1.18 bits per heavy atom. The van der Waals surface area contributed by atoms with E-state index >= 15 is 0 Å². The first kappa shape index (κ1) is 14.0. The van der Waals surface area contributed by atoms with E-state index in [4.69, 9.17) is 0 Å². The largest absolute Gasteiger partial charge is 0.508 e. The van der Waals surface area contributed by atoms with E-state index in [1.165, 1.54) is 31.2 Å². The van der Waals surface area contributed by atoms with Crippen LogP contribution in [0, 0.1) is 5.92 Å². The van der Waals surface area contributed by atoms with Crippen LogP contribution in [0.15, 0.2) is 24.3 Å². The highest BCUT2D eigenvalue weighted by molar-refractivity contribution is 5.25. The van der Waals surface area contributed by atoms with Gasteiger partial charge in [-0.05, 0) is 36.6 Å². The fourth-order valence-corrected chi connectivity index (χ4v) is 1.98. The van der Waals surface area contributed by atoms with Crippen molar-refractivity contribution in [2.45, 2.75) is 46.1 Å². The summed E-state index contributed by atoms with van der Waals surface area (Å²) in [5, 5.41) is 12.7. The Bertz CT molecular complexity index is 294. The second-order valence-electron chi connectivity index (χ2n) is 4.71. The summed E-state index contributed by atoms with van der Waals surface area (Å²) in [7, 11) is 0. The van der Waals surface area contributed by atoms with Crippen molar-refractivity contribution < 1.29 is 5.11 Å². The van der Waals surface area contributed by atoms with Gasteiger partial charge in [-0.25, -0.2) is 0 Å². The molecule has 2 N–H and O–H groups in total. The zero-order chi connectivity index (χ0) is 12.5. The van der Waals surface area contributed by atoms with Gasteiger partial charge in [-0.2, -0.15) is 0 Å². The zero-order valence-corrected chi connectivity index (χ0v) is 11.1. The van der Waals surface area contributed by atoms with Gasteiger partial charge in [-0.1, -0.05) is 45.2 Å². The monoisotopic (exact) mass is 235 g/mol. The van der Waals surface area contributed by atoms with Crippen LogP contribution in [0.5, 0.6) is 5.75 Å². The van der Waals surface area contributed by atoms with Gasteiger partial charge < -0.3 is 10.4 Å². The van der Waals surface area contributed by atoms with Crippen molar-refractivity contribution in [3.63, 3.8) is 0 Å². The molecule has 2 heteroatoms. The SMILES string of the molecule is CCCCC(CC)CNCc1ccc(O)cc1. The van der Waals surface area contributed by atoms with Crippen LogP contribution in [0.4, 0.5) is 0 Å². The Kier molecular flexibility index (Phi) is 6.71. The lowest BCUT2D eigenvalue weighted by atomic mass is 9.99. The Balaban J connectivity index is 2.23. The summed E-state index contributed by atoms with van der Waals surface area (Å²) >= 11 is 0. The van der Waals surface area contributed by atoms with Gasteiger partial charge in [-0.3, -0.25) is 0 Å². The molecule has 2 nitrogen and oxygen atoms in total. The highest BCUT2D eigenvalue weighted by atomic mass is 16.3. The van der Waals surface area contributed by atoms with Gasteiger partial charge in [0.15, 0.2) is 0 Å². The van der Waals surface area contributed by atoms with E-state index in [0.29, 0.717) is 5.75 Å². The first-order valence-corrected chi connectivity index (χ1v) is 6.74. The molecule has 0 aliphatic carbocycles. The van der Waals surface area contributed by atoms with E-state index in [1.54, 1.807) is 12.1 Å². The summed E-state index contributed by atoms with van der Waals surface area (Å²) < 4.78 is 0. The van der Waals surface area contributed by atoms with Crippen molar-refractivity contribution in [2.75, 3.05) is 6.54 Å². The van der Waals surface area contributed by atoms with Gasteiger partial charge in [-0.15, -0.1) is 0 Å². The number of benzene rings is 1. The molecule has 0 radical (unpaired) electrons. The molecule has 0 saturated carbocycles. The molecule has 0 heterocycles. The quantitative estimate of drug-likeness (QED) is 0.720. The van der Waals surface area contributed by atoms with Crippen molar-refractivity contribution >= 4 is 0 Å². The summed E-state index contributed by atoms with van der Waals surface area (Å²) in [5.41, 5.74) is 1.23. The van der Waals surface area contributed by atoms with Crippen LogP contribution >= 0.6 is 0 Å². The van der Waals surface area contributed by atoms with Crippen molar-refractivity contribution in [1.29, 1.82) is 0 Å². The molecule has 0 spiro atoms. The van der Waals surface area contributed by atoms with E-state index in [9.17, 15) is 5.11 Å². The lowest BCUT2D eigenvalue weighted by Crippen LogP contribution is -2.22. The molecular formula is C15H25NO. The summed E-state index contributed by atoms with van der Waals surface area (Å²) in [6.07, 6.45) is 5.20. The van der Waals surface area contributed by atoms with Gasteiger partial charge in [0.1, 0.15) is 5.75 Å². The molecule has 0 bridgehead atoms. The van der Waals surface area contributed by atoms with Crippen molar-refractivity contribution in [3.05, 3.63) is 29.8 Å². The maximum atomic E-state index is 9.19. The highest BCUT2D eigenvalue weighted by Crippen LogP contribution is 2.12. The smallest absolute Gasteiger partial charge is 0.115 e. The summed E-state index contributed by atoms with van der Waals surface area (Å²) in [5.74, 6) is 1.13. The lowest BCUT2D eigenvalue weighted by molar-refractivity contribution is 0.419. The van der Waals surface area contributed by atoms with Crippen LogP contribution < -0.4 is 5.32 Å². The summed E-state index contributed by atoms with van der Waals surface area (Å²) in [6.45, 7) is 6.50. The van der Waals surface area contributed by atoms with Crippen molar-refractivity contribution in [2.24, 2.45) is 5.92 Å². The van der Waals surface area contributed by atoms with E-state index in [2.05, 4.69) is 19.2 Å². The molecule has 0 aliphatic rings. The molecule has 0 aliphatic heterocycles. The maximum Gasteiger partial charge on any atom is 0.115 e. The highest BCUT2D eigenvalue weighted by Gasteiger charge is 2.04. The van der Waals surface area contributed by atoms with E-state index in [0.717, 1.165) is 19.0 Å². The minimum absolute atomic E-state index is 0.336. The number of aromatic hydroxyl groups is 1. The minimum atomic E-state index is 0.336. The maximum absolute atomic E-state index is 9.19. The molecule has 17 heavy (non-hydrogen) atoms. The first-order valence-electron chi connectivity index (χ1n) is 6.74. The van der Waals surface area contributed by atoms with Gasteiger partial charge in [0, 0.05) is 6.54 Å². The number of rotatable bonds is 8. The Labute approximate surface area is 105 Å². The van der Waals surface area contributed by atoms with Crippen LogP contribution in [0.1, 0.15) is 45.1 Å². The van der Waals surface area contributed by atoms with E-state index in [-0.39, 0.29) is 0 Å². The van der Waals surface area contributed by atoms with Gasteiger partial charge in [0.05, 0.1) is 0 Å². The second-order valence-corrected chi connectivity index (χ2v) is 4.71. The lowest BCUT2D eigenvalue weighted by Gasteiger charge is -2.15. The van der Waals surface area contributed by atoms with Gasteiger partial charge >= 0.3 is 0 Å². The van der Waals surface area contributed by atoms with Crippen LogP contribution in [0.2, 0.25) is 0 Å². The number of phenols is 1. The third kappa shape index (κ3) is 5.73. The fraction of sp³-hybridized carbons (Fsp3) is 0.600. The molecule has 1 unspecified atom stereocenters. The standard InChI is InChI=1S/C15H25NO/c1-3-5-6-13(4-2)11-16-12-14-7-9-15(17)10-8-14/h7-10,13,16-17H,3-6,11-12H2,1-2H3. The third-order valence-corrected chi connectivity index (χ3v) is 3.24. The van der Waals surface area contributed by atoms with E-state index in [1.807, 2.05) is 12.1 Å². The molecule has 1 aromatic rings. The predicted octanol–water partition coefficient (Wildman–Crippen LogP) is 3.70. The Morgan fingerprint density at radius 3 is 2.47 bits per heavy atom. The Hall–Kier alpha value is -1.02. The minimum Gasteiger partial charge on any atom is -0.508 e. The molecule has 0 saturated heterocycles. The average Bonchev–Trinajstić information content (AvgIpc) is 2.36. The topological polar surface area (TPSA) is 32.3 Å². The van der Waals surface area contributed by atoms with Crippen molar-refractivity contribution in [1.82, 2.24) is 5.32 Å². The second kappa shape index (κ2) is 8.13. The van der Waals surface area contributed by atoms with E-state index < -0.39 is 0 Å². The first-order chi connectivity index (χ1) is 8.26. The number of phenolic OH excluding ortho intramolecular Hbond substituents is 1. The molecule has 1 aromatic carbocycles. The molecular weight excluding hydrogens is 210 g/mol. The number of nitrogens with one attached hydrogen (secondary N) is 1. The average molecular weight is 235 g/mol. The molecule has 0 aromatic heterocycles. The predicted molar refractivity (Wildman–Crippen MR) is 73.1 cm³/mol. The molecule has 0 amide bonds. The normalized spacial score (nSPS) is 12.6. The van der Waals surface area contributed by atoms with Gasteiger partial charge in [0.25, 0.3) is 0 Å².